The van der Waals surface area contributed by atoms with E-state index in [0.29, 0.717) is 23.9 Å². The SMILES string of the molecule is COc1cc(-c2ccc(C3CCc4ccc([C@H](C5CC5)[C@H](C)C(=O)O)cc4O3)cc2CN(C)C(C)(C)C)c(C#N)cn1. The number of aromatic nitrogens is 1. The van der Waals surface area contributed by atoms with Gasteiger partial charge in [-0.2, -0.15) is 5.26 Å². The molecular weight excluding hydrogens is 526 g/mol. The standard InChI is InChI=1S/C35H41N3O4/c1-21(34(39)40)33(23-8-9-23)25-10-7-22-12-14-30(42-31(22)16-25)24-11-13-28(26(15-24)20-38(5)35(2,3)4)29-17-32(41-6)37-19-27(29)18-36/h7,10-11,13,15-17,19,21,23,30,33H,8-9,12,14,20H2,1-6H3,(H,39,40)/t21-,30?,33-/m0/s1. The predicted molar refractivity (Wildman–Crippen MR) is 163 cm³/mol. The lowest BCUT2D eigenvalue weighted by atomic mass is 9.82. The van der Waals surface area contributed by atoms with Crippen molar-refractivity contribution >= 4 is 5.97 Å². The summed E-state index contributed by atoms with van der Waals surface area (Å²) in [6, 6.07) is 16.8. The van der Waals surface area contributed by atoms with Crippen molar-refractivity contribution in [3.8, 4) is 28.8 Å². The molecule has 42 heavy (non-hydrogen) atoms. The van der Waals surface area contributed by atoms with Gasteiger partial charge in [-0.1, -0.05) is 37.3 Å². The molecule has 2 heterocycles. The van der Waals surface area contributed by atoms with Gasteiger partial charge in [-0.05, 0) is 99.2 Å². The zero-order valence-electron chi connectivity index (χ0n) is 25.5. The molecular formula is C35H41N3O4. The summed E-state index contributed by atoms with van der Waals surface area (Å²) >= 11 is 0. The second-order valence-corrected chi connectivity index (χ2v) is 12.8. The Balaban J connectivity index is 1.50. The lowest BCUT2D eigenvalue weighted by Gasteiger charge is -2.33. The van der Waals surface area contributed by atoms with Crippen LogP contribution in [-0.4, -0.2) is 40.7 Å². The number of hydrogen-bond donors (Lipinski definition) is 1. The van der Waals surface area contributed by atoms with E-state index in [4.69, 9.17) is 9.47 Å². The minimum absolute atomic E-state index is 0.00211. The van der Waals surface area contributed by atoms with Crippen molar-refractivity contribution in [2.45, 2.75) is 77.5 Å². The number of nitrogens with zero attached hydrogens (tertiary/aromatic N) is 3. The van der Waals surface area contributed by atoms with E-state index < -0.39 is 11.9 Å². The fourth-order valence-electron chi connectivity index (χ4n) is 5.97. The van der Waals surface area contributed by atoms with Crippen LogP contribution in [0.25, 0.3) is 11.1 Å². The van der Waals surface area contributed by atoms with Crippen molar-refractivity contribution < 1.29 is 19.4 Å². The quantitative estimate of drug-likeness (QED) is 0.294. The predicted octanol–water partition coefficient (Wildman–Crippen LogP) is 7.14. The molecule has 0 bridgehead atoms. The number of hydrogen-bond acceptors (Lipinski definition) is 6. The van der Waals surface area contributed by atoms with E-state index in [0.717, 1.165) is 59.3 Å². The number of methoxy groups -OCH3 is 1. The van der Waals surface area contributed by atoms with Gasteiger partial charge in [0.1, 0.15) is 17.9 Å². The van der Waals surface area contributed by atoms with Gasteiger partial charge in [0, 0.05) is 29.9 Å². The van der Waals surface area contributed by atoms with Gasteiger partial charge in [0.25, 0.3) is 0 Å². The molecule has 3 aromatic rings. The fourth-order valence-corrected chi connectivity index (χ4v) is 5.97. The molecule has 7 nitrogen and oxygen atoms in total. The highest BCUT2D eigenvalue weighted by Gasteiger charge is 2.39. The molecule has 220 valence electrons. The molecule has 1 N–H and O–H groups in total. The van der Waals surface area contributed by atoms with Crippen molar-refractivity contribution in [2.24, 2.45) is 11.8 Å². The van der Waals surface area contributed by atoms with Crippen molar-refractivity contribution in [2.75, 3.05) is 14.2 Å². The van der Waals surface area contributed by atoms with E-state index in [1.165, 1.54) is 5.56 Å². The molecule has 1 fully saturated rings. The molecule has 0 saturated heterocycles. The lowest BCUT2D eigenvalue weighted by molar-refractivity contribution is -0.142. The Morgan fingerprint density at radius 1 is 1.17 bits per heavy atom. The van der Waals surface area contributed by atoms with Crippen LogP contribution in [0.1, 0.15) is 86.8 Å². The summed E-state index contributed by atoms with van der Waals surface area (Å²) in [7, 11) is 3.69. The Kier molecular flexibility index (Phi) is 8.30. The van der Waals surface area contributed by atoms with Gasteiger partial charge in [-0.25, -0.2) is 4.98 Å². The smallest absolute Gasteiger partial charge is 0.306 e. The Hall–Kier alpha value is -3.89. The van der Waals surface area contributed by atoms with Crippen LogP contribution in [0.2, 0.25) is 0 Å². The number of benzene rings is 2. The highest BCUT2D eigenvalue weighted by atomic mass is 16.5. The Bertz CT molecular complexity index is 1520. The number of carboxylic acids is 1. The average Bonchev–Trinajstić information content (AvgIpc) is 3.81. The normalized spacial score (nSPS) is 18.0. The zero-order chi connectivity index (χ0) is 30.2. The lowest BCUT2D eigenvalue weighted by Crippen LogP contribution is -2.37. The van der Waals surface area contributed by atoms with Gasteiger partial charge in [-0.3, -0.25) is 9.69 Å². The molecule has 1 unspecified atom stereocenters. The summed E-state index contributed by atoms with van der Waals surface area (Å²) in [4.78, 5) is 18.4. The van der Waals surface area contributed by atoms with Crippen LogP contribution in [0.3, 0.4) is 0 Å². The number of carboxylic acid groups (broad SMARTS) is 1. The number of nitriles is 1. The Morgan fingerprint density at radius 3 is 2.57 bits per heavy atom. The average molecular weight is 568 g/mol. The van der Waals surface area contributed by atoms with Crippen LogP contribution in [-0.2, 0) is 17.8 Å². The van der Waals surface area contributed by atoms with Gasteiger partial charge in [-0.15, -0.1) is 0 Å². The Morgan fingerprint density at radius 2 is 1.93 bits per heavy atom. The fraction of sp³-hybridized carbons (Fsp3) is 0.457. The number of fused-ring (bicyclic) bond motifs is 1. The third-order valence-electron chi connectivity index (χ3n) is 9.03. The van der Waals surface area contributed by atoms with Crippen LogP contribution in [0.5, 0.6) is 11.6 Å². The van der Waals surface area contributed by atoms with E-state index in [1.54, 1.807) is 13.3 Å². The van der Waals surface area contributed by atoms with Gasteiger partial charge < -0.3 is 14.6 Å². The van der Waals surface area contributed by atoms with Gasteiger partial charge in [0.15, 0.2) is 0 Å². The van der Waals surface area contributed by atoms with Crippen LogP contribution >= 0.6 is 0 Å². The number of aliphatic carboxylic acids is 1. The molecule has 1 aromatic heterocycles. The first-order valence-electron chi connectivity index (χ1n) is 14.8. The van der Waals surface area contributed by atoms with Crippen LogP contribution in [0.15, 0.2) is 48.7 Å². The van der Waals surface area contributed by atoms with Gasteiger partial charge in [0.05, 0.1) is 18.6 Å². The summed E-state index contributed by atoms with van der Waals surface area (Å²) in [5, 5.41) is 19.6. The summed E-state index contributed by atoms with van der Waals surface area (Å²) in [6.45, 7) is 9.07. The second-order valence-electron chi connectivity index (χ2n) is 12.8. The maximum atomic E-state index is 11.9. The topological polar surface area (TPSA) is 95.7 Å². The summed E-state index contributed by atoms with van der Waals surface area (Å²) in [6.07, 6.45) is 5.35. The molecule has 0 radical (unpaired) electrons. The number of carbonyl (C=O) groups is 1. The molecule has 0 spiro atoms. The van der Waals surface area contributed by atoms with Crippen molar-refractivity contribution in [1.29, 1.82) is 5.26 Å². The highest BCUT2D eigenvalue weighted by molar-refractivity contribution is 5.74. The number of rotatable bonds is 9. The zero-order valence-corrected chi connectivity index (χ0v) is 25.5. The maximum absolute atomic E-state index is 11.9. The van der Waals surface area contributed by atoms with Gasteiger partial charge in [0.2, 0.25) is 5.88 Å². The number of pyridine rings is 1. The number of aryl methyl sites for hydroxylation is 1. The van der Waals surface area contributed by atoms with Crippen LogP contribution in [0.4, 0.5) is 0 Å². The van der Waals surface area contributed by atoms with E-state index in [1.807, 2.05) is 13.0 Å². The second kappa shape index (κ2) is 11.8. The van der Waals surface area contributed by atoms with E-state index in [9.17, 15) is 15.2 Å². The molecule has 3 atom stereocenters. The highest BCUT2D eigenvalue weighted by Crippen LogP contribution is 2.48. The van der Waals surface area contributed by atoms with Crippen LogP contribution < -0.4 is 9.47 Å². The first kappa shape index (κ1) is 29.6. The molecule has 1 saturated carbocycles. The molecule has 0 amide bonds. The molecule has 2 aliphatic rings. The number of ether oxygens (including phenoxy) is 2. The minimum Gasteiger partial charge on any atom is -0.485 e. The molecule has 2 aromatic carbocycles. The molecule has 1 aliphatic carbocycles. The van der Waals surface area contributed by atoms with Crippen molar-refractivity contribution in [3.63, 3.8) is 0 Å². The van der Waals surface area contributed by atoms with E-state index in [2.05, 4.69) is 80.2 Å². The summed E-state index contributed by atoms with van der Waals surface area (Å²) in [5.41, 5.74) is 6.63. The largest absolute Gasteiger partial charge is 0.485 e. The van der Waals surface area contributed by atoms with Crippen molar-refractivity contribution in [3.05, 3.63) is 76.5 Å². The first-order valence-corrected chi connectivity index (χ1v) is 14.8. The summed E-state index contributed by atoms with van der Waals surface area (Å²) < 4.78 is 12.1. The monoisotopic (exact) mass is 567 g/mol. The van der Waals surface area contributed by atoms with E-state index in [-0.39, 0.29) is 17.6 Å². The molecule has 5 rings (SSSR count). The first-order chi connectivity index (χ1) is 20.0. The van der Waals surface area contributed by atoms with Crippen LogP contribution in [0, 0.1) is 23.2 Å². The summed E-state index contributed by atoms with van der Waals surface area (Å²) in [5.74, 6) is 0.566. The molecule has 1 aliphatic heterocycles. The maximum Gasteiger partial charge on any atom is 0.306 e. The van der Waals surface area contributed by atoms with Gasteiger partial charge >= 0.3 is 5.97 Å². The molecule has 7 heteroatoms. The van der Waals surface area contributed by atoms with Crippen molar-refractivity contribution in [1.82, 2.24) is 9.88 Å². The van der Waals surface area contributed by atoms with E-state index >= 15 is 0 Å². The Labute approximate surface area is 249 Å². The third-order valence-corrected chi connectivity index (χ3v) is 9.03. The third kappa shape index (κ3) is 6.15. The minimum atomic E-state index is -0.748.